The minimum absolute atomic E-state index is 0.0664. The quantitative estimate of drug-likeness (QED) is 0.254. The summed E-state index contributed by atoms with van der Waals surface area (Å²) in [5.74, 6) is 5.54. The summed E-state index contributed by atoms with van der Waals surface area (Å²) in [6.07, 6.45) is 0. The van der Waals surface area contributed by atoms with Crippen LogP contribution in [0.15, 0.2) is 0 Å². The fraction of sp³-hybridized carbons (Fsp3) is 0.250. The largest absolute Gasteiger partial charge is 0.368 e. The van der Waals surface area contributed by atoms with Crippen LogP contribution in [-0.2, 0) is 0 Å². The molecule has 0 aliphatic carbocycles. The highest BCUT2D eigenvalue weighted by Crippen LogP contribution is 2.01. The summed E-state index contributed by atoms with van der Waals surface area (Å²) in [6.45, 7) is 0. The molecule has 0 radical (unpaired) electrons. The fourth-order valence-electron chi connectivity index (χ4n) is 0.631. The molecule has 1 aromatic heterocycles. The van der Waals surface area contributed by atoms with Gasteiger partial charge in [0.15, 0.2) is 0 Å². The number of aromatic nitrogens is 3. The molecule has 66 valence electrons. The van der Waals surface area contributed by atoms with E-state index in [-0.39, 0.29) is 17.0 Å². The second-order valence-corrected chi connectivity index (χ2v) is 2.50. The Morgan fingerprint density at radius 2 is 2.17 bits per heavy atom. The molecule has 8 heteroatoms. The van der Waals surface area contributed by atoms with Crippen molar-refractivity contribution in [3.63, 3.8) is 0 Å². The van der Waals surface area contributed by atoms with Crippen molar-refractivity contribution >= 4 is 29.2 Å². The second kappa shape index (κ2) is 2.91. The standard InChI is InChI=1S/C4H9N7S/c1-10(7)4(12)11-3(6)8-2(5)9-11/h7H2,1H3,(H4,5,6,8,9). The predicted molar refractivity (Wildman–Crippen MR) is 48.8 cm³/mol. The average Bonchev–Trinajstić information content (AvgIpc) is 2.28. The van der Waals surface area contributed by atoms with E-state index in [1.807, 2.05) is 0 Å². The second-order valence-electron chi connectivity index (χ2n) is 2.13. The lowest BCUT2D eigenvalue weighted by molar-refractivity contribution is 0.524. The molecule has 0 aromatic carbocycles. The number of thiocarbonyl (C=S) groups is 1. The van der Waals surface area contributed by atoms with Crippen molar-refractivity contribution in [3.8, 4) is 0 Å². The van der Waals surface area contributed by atoms with Gasteiger partial charge in [0.25, 0.3) is 0 Å². The lowest BCUT2D eigenvalue weighted by Gasteiger charge is -2.12. The average molecular weight is 187 g/mol. The molecule has 1 heterocycles. The van der Waals surface area contributed by atoms with Gasteiger partial charge >= 0.3 is 0 Å². The highest BCUT2D eigenvalue weighted by atomic mass is 32.1. The van der Waals surface area contributed by atoms with Gasteiger partial charge in [-0.25, -0.2) is 5.84 Å². The van der Waals surface area contributed by atoms with Crippen LogP contribution >= 0.6 is 12.2 Å². The third kappa shape index (κ3) is 1.43. The Hall–Kier alpha value is -1.41. The molecule has 0 saturated heterocycles. The molecule has 0 saturated carbocycles. The lowest BCUT2D eigenvalue weighted by atomic mass is 10.9. The van der Waals surface area contributed by atoms with E-state index in [4.69, 9.17) is 29.5 Å². The van der Waals surface area contributed by atoms with E-state index < -0.39 is 0 Å². The van der Waals surface area contributed by atoms with Gasteiger partial charge in [-0.3, -0.25) is 5.01 Å². The Balaban J connectivity index is 3.02. The number of nitrogen functional groups attached to an aromatic ring is 2. The summed E-state index contributed by atoms with van der Waals surface area (Å²) < 4.78 is 1.19. The zero-order valence-electron chi connectivity index (χ0n) is 6.43. The highest BCUT2D eigenvalue weighted by Gasteiger charge is 2.10. The lowest BCUT2D eigenvalue weighted by Crippen LogP contribution is -2.37. The number of hydrogen-bond acceptors (Lipinski definition) is 6. The van der Waals surface area contributed by atoms with Crippen LogP contribution in [0.25, 0.3) is 0 Å². The summed E-state index contributed by atoms with van der Waals surface area (Å²) in [5.41, 5.74) is 10.7. The summed E-state index contributed by atoms with van der Waals surface area (Å²) >= 11 is 4.87. The van der Waals surface area contributed by atoms with Crippen molar-refractivity contribution in [1.82, 2.24) is 19.8 Å². The van der Waals surface area contributed by atoms with E-state index in [1.165, 1.54) is 9.69 Å². The highest BCUT2D eigenvalue weighted by molar-refractivity contribution is 7.80. The third-order valence-corrected chi connectivity index (χ3v) is 1.59. The number of nitrogens with zero attached hydrogens (tertiary/aromatic N) is 4. The molecule has 0 aliphatic heterocycles. The first kappa shape index (κ1) is 8.68. The zero-order valence-corrected chi connectivity index (χ0v) is 7.25. The molecule has 0 bridgehead atoms. The van der Waals surface area contributed by atoms with Crippen molar-refractivity contribution in [1.29, 1.82) is 0 Å². The molecular formula is C4H9N7S. The van der Waals surface area contributed by atoms with Crippen LogP contribution in [0.2, 0.25) is 0 Å². The van der Waals surface area contributed by atoms with Gasteiger partial charge in [0.2, 0.25) is 17.0 Å². The monoisotopic (exact) mass is 187 g/mol. The SMILES string of the molecule is CN(N)C(=S)n1nc(N)nc1N. The summed E-state index contributed by atoms with van der Waals surface area (Å²) in [5, 5.41) is 5.15. The smallest absolute Gasteiger partial charge is 0.241 e. The maximum atomic E-state index is 5.42. The van der Waals surface area contributed by atoms with Crippen LogP contribution in [0.1, 0.15) is 0 Å². The van der Waals surface area contributed by atoms with Crippen LogP contribution < -0.4 is 17.3 Å². The maximum absolute atomic E-state index is 5.42. The van der Waals surface area contributed by atoms with Gasteiger partial charge in [0, 0.05) is 7.05 Å². The third-order valence-electron chi connectivity index (χ3n) is 1.13. The summed E-state index contributed by atoms with van der Waals surface area (Å²) in [6, 6.07) is 0. The first-order valence-corrected chi connectivity index (χ1v) is 3.44. The van der Waals surface area contributed by atoms with Crippen molar-refractivity contribution in [2.45, 2.75) is 0 Å². The molecule has 6 N–H and O–H groups in total. The molecule has 7 nitrogen and oxygen atoms in total. The van der Waals surface area contributed by atoms with E-state index in [9.17, 15) is 0 Å². The van der Waals surface area contributed by atoms with Gasteiger partial charge in [-0.05, 0) is 12.2 Å². The molecule has 12 heavy (non-hydrogen) atoms. The number of hydrogen-bond donors (Lipinski definition) is 3. The minimum atomic E-state index is 0.0664. The van der Waals surface area contributed by atoms with Crippen molar-refractivity contribution in [3.05, 3.63) is 0 Å². The number of anilines is 2. The van der Waals surface area contributed by atoms with Crippen LogP contribution in [0.5, 0.6) is 0 Å². The topological polar surface area (TPSA) is 112 Å². The molecule has 0 fully saturated rings. The molecule has 0 amide bonds. The van der Waals surface area contributed by atoms with E-state index in [0.717, 1.165) is 0 Å². The molecule has 1 aromatic rings. The normalized spacial score (nSPS) is 9.83. The fourth-order valence-corrected chi connectivity index (χ4v) is 0.765. The number of rotatable bonds is 0. The maximum Gasteiger partial charge on any atom is 0.241 e. The Bertz CT molecular complexity index is 302. The van der Waals surface area contributed by atoms with Crippen molar-refractivity contribution in [2.24, 2.45) is 5.84 Å². The molecule has 0 spiro atoms. The number of hydrazine groups is 1. The molecule has 0 aliphatic rings. The molecule has 0 atom stereocenters. The van der Waals surface area contributed by atoms with Crippen LogP contribution in [-0.4, -0.2) is 31.9 Å². The zero-order chi connectivity index (χ0) is 9.30. The van der Waals surface area contributed by atoms with E-state index >= 15 is 0 Å². The first-order chi connectivity index (χ1) is 5.52. The van der Waals surface area contributed by atoms with Crippen molar-refractivity contribution < 1.29 is 0 Å². The van der Waals surface area contributed by atoms with E-state index in [2.05, 4.69) is 10.1 Å². The molecule has 1 rings (SSSR count). The summed E-state index contributed by atoms with van der Waals surface area (Å²) in [7, 11) is 1.57. The minimum Gasteiger partial charge on any atom is -0.368 e. The van der Waals surface area contributed by atoms with E-state index in [1.54, 1.807) is 7.05 Å². The van der Waals surface area contributed by atoms with Gasteiger partial charge in [0.05, 0.1) is 0 Å². The predicted octanol–water partition coefficient (Wildman–Crippen LogP) is -1.62. The van der Waals surface area contributed by atoms with Gasteiger partial charge in [-0.2, -0.15) is 9.67 Å². The van der Waals surface area contributed by atoms with Crippen LogP contribution in [0.4, 0.5) is 11.9 Å². The molecular weight excluding hydrogens is 178 g/mol. The Kier molecular flexibility index (Phi) is 2.11. The van der Waals surface area contributed by atoms with Crippen molar-refractivity contribution in [2.75, 3.05) is 18.5 Å². The summed E-state index contributed by atoms with van der Waals surface area (Å²) in [4.78, 5) is 3.65. The van der Waals surface area contributed by atoms with Crippen LogP contribution in [0.3, 0.4) is 0 Å². The van der Waals surface area contributed by atoms with E-state index in [0.29, 0.717) is 0 Å². The Morgan fingerprint density at radius 1 is 1.58 bits per heavy atom. The Labute approximate surface area is 74.1 Å². The van der Waals surface area contributed by atoms with Gasteiger partial charge < -0.3 is 11.5 Å². The van der Waals surface area contributed by atoms with Gasteiger partial charge in [0.1, 0.15) is 0 Å². The van der Waals surface area contributed by atoms with Crippen LogP contribution in [0, 0.1) is 0 Å². The number of nitrogens with two attached hydrogens (primary N) is 3. The Morgan fingerprint density at radius 3 is 2.50 bits per heavy atom. The molecule has 0 unspecified atom stereocenters. The van der Waals surface area contributed by atoms with Gasteiger partial charge in [-0.1, -0.05) is 0 Å². The first-order valence-electron chi connectivity index (χ1n) is 3.03. The van der Waals surface area contributed by atoms with Gasteiger partial charge in [-0.15, -0.1) is 5.10 Å².